The zero-order chi connectivity index (χ0) is 17.2. The smallest absolute Gasteiger partial charge is 0.306 e. The predicted molar refractivity (Wildman–Crippen MR) is 99.5 cm³/mol. The molecule has 126 valence electrons. The molecule has 1 aliphatic heterocycles. The Kier molecular flexibility index (Phi) is 4.53. The van der Waals surface area contributed by atoms with Crippen molar-refractivity contribution in [1.29, 1.82) is 0 Å². The fraction of sp³-hybridized carbons (Fsp3) is 0.368. The molecular formula is C19H24N4O. The van der Waals surface area contributed by atoms with Gasteiger partial charge in [0.15, 0.2) is 0 Å². The molecule has 0 spiro atoms. The van der Waals surface area contributed by atoms with E-state index in [0.29, 0.717) is 0 Å². The van der Waals surface area contributed by atoms with Crippen molar-refractivity contribution in [1.82, 2.24) is 10.3 Å². The van der Waals surface area contributed by atoms with Crippen LogP contribution >= 0.6 is 0 Å². The minimum atomic E-state index is -0.324. The number of urea groups is 1. The number of amides is 2. The minimum absolute atomic E-state index is 0.0986. The third kappa shape index (κ3) is 3.92. The van der Waals surface area contributed by atoms with Gasteiger partial charge in [0.1, 0.15) is 0 Å². The third-order valence-electron chi connectivity index (χ3n) is 4.38. The van der Waals surface area contributed by atoms with Gasteiger partial charge in [-0.3, -0.25) is 4.90 Å². The predicted octanol–water partition coefficient (Wildman–Crippen LogP) is 3.82. The van der Waals surface area contributed by atoms with E-state index in [4.69, 9.17) is 0 Å². The zero-order valence-electron chi connectivity index (χ0n) is 14.5. The van der Waals surface area contributed by atoms with Crippen LogP contribution in [0.1, 0.15) is 27.2 Å². The summed E-state index contributed by atoms with van der Waals surface area (Å²) in [6, 6.07) is 13.5. The molecule has 2 aromatic rings. The fourth-order valence-corrected chi connectivity index (χ4v) is 3.06. The van der Waals surface area contributed by atoms with Gasteiger partial charge < -0.3 is 5.32 Å². The van der Waals surface area contributed by atoms with Gasteiger partial charge >= 0.3 is 6.03 Å². The van der Waals surface area contributed by atoms with Gasteiger partial charge in [-0.05, 0) is 32.2 Å². The van der Waals surface area contributed by atoms with E-state index in [-0.39, 0.29) is 11.6 Å². The van der Waals surface area contributed by atoms with E-state index in [1.807, 2.05) is 49.4 Å². The van der Waals surface area contributed by atoms with Crippen LogP contribution in [0.25, 0.3) is 10.8 Å². The molecule has 0 atom stereocenters. The van der Waals surface area contributed by atoms with E-state index in [0.717, 1.165) is 41.7 Å². The third-order valence-corrected chi connectivity index (χ3v) is 4.38. The topological polar surface area (TPSA) is 56.5 Å². The summed E-state index contributed by atoms with van der Waals surface area (Å²) >= 11 is 0. The van der Waals surface area contributed by atoms with Gasteiger partial charge in [-0.15, -0.1) is 0 Å². The minimum Gasteiger partial charge on any atom is -0.306 e. The normalized spacial score (nSPS) is 15.4. The second-order valence-electron chi connectivity index (χ2n) is 6.92. The van der Waals surface area contributed by atoms with Gasteiger partial charge in [0.05, 0.1) is 5.69 Å². The highest BCUT2D eigenvalue weighted by atomic mass is 16.2. The highest BCUT2D eigenvalue weighted by Crippen LogP contribution is 2.26. The summed E-state index contributed by atoms with van der Waals surface area (Å²) < 4.78 is 0. The SMILES string of the molecule is C/C(CC(C)(C)N1CC1)=N\NC(=O)Nc1cccc2ccccc12. The van der Waals surface area contributed by atoms with Crippen molar-refractivity contribution in [2.45, 2.75) is 32.7 Å². The molecule has 1 fully saturated rings. The van der Waals surface area contributed by atoms with Crippen LogP contribution in [0.2, 0.25) is 0 Å². The van der Waals surface area contributed by atoms with Crippen LogP contribution in [-0.4, -0.2) is 35.3 Å². The first-order valence-electron chi connectivity index (χ1n) is 8.29. The molecule has 0 radical (unpaired) electrons. The lowest BCUT2D eigenvalue weighted by molar-refractivity contribution is 0.252. The highest BCUT2D eigenvalue weighted by molar-refractivity contribution is 6.01. The summed E-state index contributed by atoms with van der Waals surface area (Å²) in [5.74, 6) is 0. The van der Waals surface area contributed by atoms with Crippen LogP contribution in [0.4, 0.5) is 10.5 Å². The monoisotopic (exact) mass is 324 g/mol. The molecule has 0 saturated carbocycles. The van der Waals surface area contributed by atoms with Gasteiger partial charge in [-0.1, -0.05) is 36.4 Å². The number of rotatable bonds is 5. The molecule has 2 amide bonds. The quantitative estimate of drug-likeness (QED) is 0.499. The van der Waals surface area contributed by atoms with E-state index in [1.165, 1.54) is 0 Å². The lowest BCUT2D eigenvalue weighted by Crippen LogP contribution is -2.33. The molecule has 1 aliphatic rings. The van der Waals surface area contributed by atoms with E-state index >= 15 is 0 Å². The Hall–Kier alpha value is -2.40. The van der Waals surface area contributed by atoms with E-state index in [1.54, 1.807) is 0 Å². The zero-order valence-corrected chi connectivity index (χ0v) is 14.5. The molecule has 1 saturated heterocycles. The van der Waals surface area contributed by atoms with Gasteiger partial charge in [0.25, 0.3) is 0 Å². The maximum Gasteiger partial charge on any atom is 0.339 e. The van der Waals surface area contributed by atoms with Crippen LogP contribution in [0.15, 0.2) is 47.6 Å². The fourth-order valence-electron chi connectivity index (χ4n) is 3.06. The number of carbonyl (C=O) groups excluding carboxylic acids is 1. The van der Waals surface area contributed by atoms with Gasteiger partial charge in [0.2, 0.25) is 0 Å². The Morgan fingerprint density at radius 1 is 1.17 bits per heavy atom. The molecular weight excluding hydrogens is 300 g/mol. The molecule has 5 nitrogen and oxygen atoms in total. The van der Waals surface area contributed by atoms with Crippen molar-refractivity contribution in [3.05, 3.63) is 42.5 Å². The number of carbonyl (C=O) groups is 1. The number of hydrogen-bond acceptors (Lipinski definition) is 3. The Bertz CT molecular complexity index is 773. The number of anilines is 1. The molecule has 5 heteroatoms. The lowest BCUT2D eigenvalue weighted by atomic mass is 9.98. The van der Waals surface area contributed by atoms with Crippen molar-refractivity contribution in [3.63, 3.8) is 0 Å². The first-order chi connectivity index (χ1) is 11.5. The number of benzene rings is 2. The first-order valence-corrected chi connectivity index (χ1v) is 8.29. The molecule has 3 rings (SSSR count). The van der Waals surface area contributed by atoms with E-state index in [2.05, 4.69) is 34.6 Å². The molecule has 2 N–H and O–H groups in total. The summed E-state index contributed by atoms with van der Waals surface area (Å²) in [4.78, 5) is 14.5. The Labute approximate surface area is 142 Å². The maximum absolute atomic E-state index is 12.1. The van der Waals surface area contributed by atoms with Crippen LogP contribution in [0.5, 0.6) is 0 Å². The number of fused-ring (bicyclic) bond motifs is 1. The number of hydrogen-bond donors (Lipinski definition) is 2. The summed E-state index contributed by atoms with van der Waals surface area (Å²) in [6.07, 6.45) is 0.835. The highest BCUT2D eigenvalue weighted by Gasteiger charge is 2.34. The van der Waals surface area contributed by atoms with Gasteiger partial charge in [0, 0.05) is 36.1 Å². The Morgan fingerprint density at radius 2 is 1.88 bits per heavy atom. The van der Waals surface area contributed by atoms with Crippen molar-refractivity contribution in [3.8, 4) is 0 Å². The summed E-state index contributed by atoms with van der Waals surface area (Å²) in [5.41, 5.74) is 4.39. The second-order valence-corrected chi connectivity index (χ2v) is 6.92. The molecule has 0 bridgehead atoms. The van der Waals surface area contributed by atoms with E-state index in [9.17, 15) is 4.79 Å². The van der Waals surface area contributed by atoms with E-state index < -0.39 is 0 Å². The van der Waals surface area contributed by atoms with Crippen molar-refractivity contribution >= 4 is 28.2 Å². The average molecular weight is 324 g/mol. The molecule has 0 aliphatic carbocycles. The molecule has 0 aromatic heterocycles. The standard InChI is InChI=1S/C19H24N4O/c1-14(13-19(2,3)23-11-12-23)21-22-18(24)20-17-10-6-8-15-7-4-5-9-16(15)17/h4-10H,11-13H2,1-3H3,(H2,20,22,24)/b21-14+. The first kappa shape index (κ1) is 16.5. The molecule has 0 unspecified atom stereocenters. The second kappa shape index (κ2) is 6.61. The maximum atomic E-state index is 12.1. The average Bonchev–Trinajstić information content (AvgIpc) is 3.38. The Balaban J connectivity index is 1.61. The number of hydrazone groups is 1. The summed E-state index contributed by atoms with van der Waals surface area (Å²) in [7, 11) is 0. The van der Waals surface area contributed by atoms with Crippen LogP contribution in [-0.2, 0) is 0 Å². The number of nitrogens with zero attached hydrogens (tertiary/aromatic N) is 2. The van der Waals surface area contributed by atoms with Gasteiger partial charge in [-0.25, -0.2) is 10.2 Å². The van der Waals surface area contributed by atoms with Crippen LogP contribution in [0.3, 0.4) is 0 Å². The number of nitrogens with one attached hydrogen (secondary N) is 2. The van der Waals surface area contributed by atoms with Crippen molar-refractivity contribution < 1.29 is 4.79 Å². The van der Waals surface area contributed by atoms with Gasteiger partial charge in [-0.2, -0.15) is 5.10 Å². The Morgan fingerprint density at radius 3 is 2.62 bits per heavy atom. The molecule has 1 heterocycles. The lowest BCUT2D eigenvalue weighted by Gasteiger charge is -2.26. The van der Waals surface area contributed by atoms with Crippen molar-refractivity contribution in [2.24, 2.45) is 5.10 Å². The van der Waals surface area contributed by atoms with Crippen LogP contribution in [0, 0.1) is 0 Å². The molecule has 2 aromatic carbocycles. The van der Waals surface area contributed by atoms with Crippen molar-refractivity contribution in [2.75, 3.05) is 18.4 Å². The molecule has 24 heavy (non-hydrogen) atoms. The summed E-state index contributed by atoms with van der Waals surface area (Å²) in [6.45, 7) is 8.65. The summed E-state index contributed by atoms with van der Waals surface area (Å²) in [5, 5.41) is 9.20. The van der Waals surface area contributed by atoms with Crippen LogP contribution < -0.4 is 10.7 Å². The largest absolute Gasteiger partial charge is 0.339 e.